The average molecular weight is 267 g/mol. The summed E-state index contributed by atoms with van der Waals surface area (Å²) < 4.78 is 6.76. The second-order valence-electron chi connectivity index (χ2n) is 4.32. The average Bonchev–Trinajstić information content (AvgIpc) is 2.74. The van der Waals surface area contributed by atoms with E-state index in [1.807, 2.05) is 0 Å². The molecule has 0 saturated carbocycles. The first-order valence-electron chi connectivity index (χ1n) is 5.43. The van der Waals surface area contributed by atoms with E-state index in [2.05, 4.69) is 20.1 Å². The van der Waals surface area contributed by atoms with E-state index in [0.717, 1.165) is 11.8 Å². The van der Waals surface area contributed by atoms with Gasteiger partial charge in [-0.15, -0.1) is 5.10 Å². The quantitative estimate of drug-likeness (QED) is 0.670. The van der Waals surface area contributed by atoms with Crippen LogP contribution in [0.25, 0.3) is 11.0 Å². The number of nitrogens with zero attached hydrogens (tertiary/aromatic N) is 5. The van der Waals surface area contributed by atoms with Gasteiger partial charge in [0.05, 0.1) is 19.9 Å². The number of aliphatic hydroxyl groups is 1. The highest BCUT2D eigenvalue weighted by Crippen LogP contribution is 2.08. The van der Waals surface area contributed by atoms with Gasteiger partial charge in [0.1, 0.15) is 5.39 Å². The molecule has 0 spiro atoms. The smallest absolute Gasteiger partial charge is 0.339 e. The number of hydrogen-bond donors (Lipinski definition) is 1. The van der Waals surface area contributed by atoms with Crippen molar-refractivity contribution in [2.45, 2.75) is 19.1 Å². The molecule has 0 aromatic carbocycles. The molecule has 19 heavy (non-hydrogen) atoms. The largest absolute Gasteiger partial charge is 0.467 e. The topological polar surface area (TPSA) is 112 Å². The van der Waals surface area contributed by atoms with Gasteiger partial charge in [0, 0.05) is 7.05 Å². The number of fused-ring (bicyclic) bond motifs is 1. The number of ether oxygens (including phenoxy) is 1. The van der Waals surface area contributed by atoms with Crippen LogP contribution in [0, 0.1) is 0 Å². The van der Waals surface area contributed by atoms with Gasteiger partial charge in [-0.05, 0) is 6.92 Å². The minimum absolute atomic E-state index is 0.262. The molecule has 2 heterocycles. The number of aryl methyl sites for hydroxylation is 1. The summed E-state index contributed by atoms with van der Waals surface area (Å²) in [4.78, 5) is 23.4. The Morgan fingerprint density at radius 1 is 1.58 bits per heavy atom. The molecule has 2 rings (SSSR count). The molecular weight excluding hydrogens is 254 g/mol. The third kappa shape index (κ3) is 2.19. The van der Waals surface area contributed by atoms with Crippen molar-refractivity contribution in [3.8, 4) is 0 Å². The van der Waals surface area contributed by atoms with Crippen LogP contribution in [0.1, 0.15) is 6.92 Å². The van der Waals surface area contributed by atoms with Crippen LogP contribution in [0.5, 0.6) is 0 Å². The van der Waals surface area contributed by atoms with Crippen LogP contribution in [0.3, 0.4) is 0 Å². The molecule has 0 aliphatic carbocycles. The van der Waals surface area contributed by atoms with Crippen LogP contribution >= 0.6 is 0 Å². The van der Waals surface area contributed by atoms with E-state index >= 15 is 0 Å². The third-order valence-electron chi connectivity index (χ3n) is 2.70. The first kappa shape index (κ1) is 13.1. The number of carbonyl (C=O) groups is 1. The molecular formula is C10H13N5O4. The summed E-state index contributed by atoms with van der Waals surface area (Å²) >= 11 is 0. The Hall–Kier alpha value is -2.29. The number of aromatic nitrogens is 5. The molecule has 0 aliphatic rings. The summed E-state index contributed by atoms with van der Waals surface area (Å²) in [7, 11) is 2.78. The molecule has 0 amide bonds. The Kier molecular flexibility index (Phi) is 3.06. The first-order valence-corrected chi connectivity index (χ1v) is 5.43. The van der Waals surface area contributed by atoms with Gasteiger partial charge in [0.25, 0.3) is 5.56 Å². The highest BCUT2D eigenvalue weighted by atomic mass is 16.5. The van der Waals surface area contributed by atoms with Crippen molar-refractivity contribution in [2.24, 2.45) is 7.05 Å². The Bertz CT molecular complexity index is 687. The van der Waals surface area contributed by atoms with E-state index in [1.165, 1.54) is 17.8 Å². The van der Waals surface area contributed by atoms with E-state index < -0.39 is 17.1 Å². The first-order chi connectivity index (χ1) is 8.86. The highest BCUT2D eigenvalue weighted by Gasteiger charge is 2.33. The van der Waals surface area contributed by atoms with E-state index in [1.54, 1.807) is 7.05 Å². The zero-order valence-electron chi connectivity index (χ0n) is 10.7. The van der Waals surface area contributed by atoms with Crippen LogP contribution in [0.2, 0.25) is 0 Å². The van der Waals surface area contributed by atoms with Crippen LogP contribution in [0.15, 0.2) is 11.0 Å². The van der Waals surface area contributed by atoms with Crippen molar-refractivity contribution >= 4 is 17.0 Å². The fourth-order valence-corrected chi connectivity index (χ4v) is 1.66. The summed E-state index contributed by atoms with van der Waals surface area (Å²) in [6, 6.07) is 0. The lowest BCUT2D eigenvalue weighted by Gasteiger charge is -2.19. The summed E-state index contributed by atoms with van der Waals surface area (Å²) in [5.74, 6) is -0.854. The Balaban J connectivity index is 2.45. The standard InChI is InChI=1S/C10H13N5O4/c1-10(18,9(17)19-3)5-15-8(16)6-4-11-14(2)7(6)12-13-15/h4,18H,5H2,1-3H3. The molecule has 102 valence electrons. The van der Waals surface area contributed by atoms with Crippen LogP contribution in [-0.4, -0.2) is 48.6 Å². The summed E-state index contributed by atoms with van der Waals surface area (Å²) in [6.07, 6.45) is 1.36. The molecule has 1 atom stereocenters. The van der Waals surface area contributed by atoms with Crippen molar-refractivity contribution in [1.29, 1.82) is 0 Å². The summed E-state index contributed by atoms with van der Waals surface area (Å²) in [5, 5.41) is 21.6. The van der Waals surface area contributed by atoms with E-state index in [9.17, 15) is 14.7 Å². The lowest BCUT2D eigenvalue weighted by atomic mass is 10.1. The van der Waals surface area contributed by atoms with E-state index in [-0.39, 0.29) is 11.9 Å². The molecule has 2 aromatic rings. The van der Waals surface area contributed by atoms with Crippen molar-refractivity contribution in [3.05, 3.63) is 16.6 Å². The molecule has 1 unspecified atom stereocenters. The molecule has 9 heteroatoms. The molecule has 0 saturated heterocycles. The van der Waals surface area contributed by atoms with Crippen molar-refractivity contribution in [3.63, 3.8) is 0 Å². The number of hydrogen-bond acceptors (Lipinski definition) is 7. The minimum atomic E-state index is -1.86. The van der Waals surface area contributed by atoms with Gasteiger partial charge in [0.15, 0.2) is 11.2 Å². The summed E-state index contributed by atoms with van der Waals surface area (Å²) in [6.45, 7) is 0.886. The SMILES string of the molecule is COC(=O)C(C)(O)Cn1nnc2c(cnn2C)c1=O. The lowest BCUT2D eigenvalue weighted by molar-refractivity contribution is -0.162. The molecule has 0 bridgehead atoms. The predicted octanol–water partition coefficient (Wildman–Crippen LogP) is -1.55. The van der Waals surface area contributed by atoms with Gasteiger partial charge in [-0.2, -0.15) is 5.10 Å². The van der Waals surface area contributed by atoms with Gasteiger partial charge in [-0.1, -0.05) is 5.21 Å². The number of rotatable bonds is 3. The molecule has 0 radical (unpaired) electrons. The van der Waals surface area contributed by atoms with Gasteiger partial charge >= 0.3 is 5.97 Å². The minimum Gasteiger partial charge on any atom is -0.467 e. The molecule has 1 N–H and O–H groups in total. The number of esters is 1. The summed E-state index contributed by atoms with van der Waals surface area (Å²) in [5.41, 5.74) is -2.01. The highest BCUT2D eigenvalue weighted by molar-refractivity contribution is 5.78. The van der Waals surface area contributed by atoms with Crippen LogP contribution in [0.4, 0.5) is 0 Å². The van der Waals surface area contributed by atoms with Crippen LogP contribution < -0.4 is 5.56 Å². The van der Waals surface area contributed by atoms with Gasteiger partial charge in [0.2, 0.25) is 0 Å². The fraction of sp³-hybridized carbons (Fsp3) is 0.500. The number of methoxy groups -OCH3 is 1. The molecule has 9 nitrogen and oxygen atoms in total. The molecule has 0 aliphatic heterocycles. The van der Waals surface area contributed by atoms with Crippen LogP contribution in [-0.2, 0) is 23.1 Å². The Labute approximate surface area is 107 Å². The monoisotopic (exact) mass is 267 g/mol. The van der Waals surface area contributed by atoms with Gasteiger partial charge < -0.3 is 9.84 Å². The zero-order chi connectivity index (χ0) is 14.2. The number of carbonyl (C=O) groups excluding carboxylic acids is 1. The van der Waals surface area contributed by atoms with E-state index in [4.69, 9.17) is 0 Å². The molecule has 2 aromatic heterocycles. The fourth-order valence-electron chi connectivity index (χ4n) is 1.66. The molecule has 0 fully saturated rings. The Morgan fingerprint density at radius 3 is 2.89 bits per heavy atom. The lowest BCUT2D eigenvalue weighted by Crippen LogP contribution is -2.44. The van der Waals surface area contributed by atoms with Gasteiger partial charge in [-0.25, -0.2) is 14.2 Å². The Morgan fingerprint density at radius 2 is 2.26 bits per heavy atom. The predicted molar refractivity (Wildman–Crippen MR) is 63.2 cm³/mol. The maximum Gasteiger partial charge on any atom is 0.339 e. The van der Waals surface area contributed by atoms with Crippen molar-refractivity contribution in [2.75, 3.05) is 7.11 Å². The second-order valence-corrected chi connectivity index (χ2v) is 4.32. The third-order valence-corrected chi connectivity index (χ3v) is 2.70. The van der Waals surface area contributed by atoms with Gasteiger partial charge in [-0.3, -0.25) is 4.79 Å². The van der Waals surface area contributed by atoms with Crippen molar-refractivity contribution in [1.82, 2.24) is 24.8 Å². The zero-order valence-corrected chi connectivity index (χ0v) is 10.7. The normalized spacial score (nSPS) is 14.3. The van der Waals surface area contributed by atoms with E-state index in [0.29, 0.717) is 5.65 Å². The second kappa shape index (κ2) is 4.43. The van der Waals surface area contributed by atoms with Crippen molar-refractivity contribution < 1.29 is 14.6 Å². The maximum atomic E-state index is 12.1. The maximum absolute atomic E-state index is 12.1.